The minimum Gasteiger partial charge on any atom is -0.323 e. The third-order valence-electron chi connectivity index (χ3n) is 4.51. The van der Waals surface area contributed by atoms with Gasteiger partial charge >= 0.3 is 0 Å². The Labute approximate surface area is 162 Å². The Balaban J connectivity index is 1.91. The number of para-hydroxylation sites is 1. The molecule has 0 aliphatic carbocycles. The highest BCUT2D eigenvalue weighted by Crippen LogP contribution is 2.22. The van der Waals surface area contributed by atoms with E-state index in [0.717, 1.165) is 11.1 Å². The number of amides is 1. The summed E-state index contributed by atoms with van der Waals surface area (Å²) in [5.74, 6) is -0.366. The third kappa shape index (κ3) is 4.09. The summed E-state index contributed by atoms with van der Waals surface area (Å²) >= 11 is 6.08. The zero-order valence-corrected chi connectivity index (χ0v) is 16.1. The lowest BCUT2D eigenvalue weighted by Gasteiger charge is -2.16. The van der Waals surface area contributed by atoms with Crippen LogP contribution in [0.4, 0.5) is 5.69 Å². The van der Waals surface area contributed by atoms with E-state index in [2.05, 4.69) is 10.4 Å². The molecule has 1 atom stereocenters. The van der Waals surface area contributed by atoms with Crippen LogP contribution in [0.2, 0.25) is 5.02 Å². The number of aromatic nitrogens is 2. The predicted molar refractivity (Wildman–Crippen MR) is 108 cm³/mol. The van der Waals surface area contributed by atoms with Gasteiger partial charge in [-0.15, -0.1) is 0 Å². The fourth-order valence-corrected chi connectivity index (χ4v) is 2.85. The van der Waals surface area contributed by atoms with Crippen LogP contribution in [0.1, 0.15) is 24.1 Å². The monoisotopic (exact) mass is 381 g/mol. The molecule has 1 aromatic heterocycles. The number of anilines is 1. The molecule has 6 heteroatoms. The smallest absolute Gasteiger partial charge is 0.267 e. The minimum absolute atomic E-state index is 0.343. The van der Waals surface area contributed by atoms with Crippen LogP contribution in [-0.4, -0.2) is 15.7 Å². The topological polar surface area (TPSA) is 64.0 Å². The molecule has 27 heavy (non-hydrogen) atoms. The molecule has 3 rings (SSSR count). The van der Waals surface area contributed by atoms with E-state index in [1.54, 1.807) is 37.3 Å². The molecule has 0 aliphatic rings. The lowest BCUT2D eigenvalue weighted by molar-refractivity contribution is -0.119. The van der Waals surface area contributed by atoms with Gasteiger partial charge in [-0.2, -0.15) is 5.10 Å². The van der Waals surface area contributed by atoms with Gasteiger partial charge in [-0.05, 0) is 56.2 Å². The fourth-order valence-electron chi connectivity index (χ4n) is 2.67. The van der Waals surface area contributed by atoms with Crippen LogP contribution in [0.15, 0.2) is 59.4 Å². The average Bonchev–Trinajstić information content (AvgIpc) is 2.65. The second-order valence-corrected chi connectivity index (χ2v) is 6.85. The molecule has 3 aromatic rings. The van der Waals surface area contributed by atoms with Gasteiger partial charge in [-0.1, -0.05) is 35.9 Å². The van der Waals surface area contributed by atoms with Gasteiger partial charge in [-0.25, -0.2) is 4.68 Å². The number of nitrogens with one attached hydrogen (secondary N) is 1. The molecule has 0 radical (unpaired) electrons. The Morgan fingerprint density at radius 3 is 2.52 bits per heavy atom. The van der Waals surface area contributed by atoms with Crippen molar-refractivity contribution in [2.75, 3.05) is 5.32 Å². The summed E-state index contributed by atoms with van der Waals surface area (Å²) < 4.78 is 1.19. The van der Waals surface area contributed by atoms with E-state index in [1.807, 2.05) is 32.0 Å². The van der Waals surface area contributed by atoms with Crippen LogP contribution in [0, 0.1) is 13.8 Å². The van der Waals surface area contributed by atoms with Crippen LogP contribution >= 0.6 is 11.6 Å². The first-order valence-electron chi connectivity index (χ1n) is 8.59. The fraction of sp³-hybridized carbons (Fsp3) is 0.190. The van der Waals surface area contributed by atoms with Gasteiger partial charge in [0.1, 0.15) is 6.04 Å². The highest BCUT2D eigenvalue weighted by molar-refractivity contribution is 6.33. The van der Waals surface area contributed by atoms with Crippen LogP contribution in [-0.2, 0) is 4.79 Å². The number of aryl methyl sites for hydroxylation is 2. The number of rotatable bonds is 4. The molecule has 5 nitrogen and oxygen atoms in total. The van der Waals surface area contributed by atoms with Crippen molar-refractivity contribution in [1.82, 2.24) is 9.78 Å². The lowest BCUT2D eigenvalue weighted by Crippen LogP contribution is -2.33. The van der Waals surface area contributed by atoms with E-state index < -0.39 is 6.04 Å². The average molecular weight is 382 g/mol. The van der Waals surface area contributed by atoms with Crippen LogP contribution in [0.5, 0.6) is 0 Å². The van der Waals surface area contributed by atoms with Gasteiger partial charge in [0.05, 0.1) is 16.4 Å². The number of hydrogen-bond donors (Lipinski definition) is 1. The molecule has 0 fully saturated rings. The Hall–Kier alpha value is -2.92. The predicted octanol–water partition coefficient (Wildman–Crippen LogP) is 4.38. The molecule has 0 spiro atoms. The van der Waals surface area contributed by atoms with Gasteiger partial charge in [0.15, 0.2) is 0 Å². The first kappa shape index (κ1) is 18.9. The number of carbonyl (C=O) groups is 1. The van der Waals surface area contributed by atoms with Gasteiger partial charge in [-0.3, -0.25) is 9.59 Å². The maximum Gasteiger partial charge on any atom is 0.267 e. The minimum atomic E-state index is -0.791. The summed E-state index contributed by atoms with van der Waals surface area (Å²) in [6.45, 7) is 5.69. The first-order valence-corrected chi connectivity index (χ1v) is 8.97. The van der Waals surface area contributed by atoms with Crippen molar-refractivity contribution in [3.05, 3.63) is 81.1 Å². The Morgan fingerprint density at radius 2 is 1.81 bits per heavy atom. The number of nitrogens with zero attached hydrogens (tertiary/aromatic N) is 2. The van der Waals surface area contributed by atoms with E-state index in [1.165, 1.54) is 16.3 Å². The van der Waals surface area contributed by atoms with E-state index >= 15 is 0 Å². The summed E-state index contributed by atoms with van der Waals surface area (Å²) in [4.78, 5) is 24.9. The maximum absolute atomic E-state index is 12.6. The molecular formula is C21H20ClN3O2. The van der Waals surface area contributed by atoms with E-state index in [-0.39, 0.29) is 11.5 Å². The Bertz CT molecular complexity index is 1060. The van der Waals surface area contributed by atoms with E-state index in [4.69, 9.17) is 11.6 Å². The lowest BCUT2D eigenvalue weighted by atomic mass is 10.0. The summed E-state index contributed by atoms with van der Waals surface area (Å²) in [6, 6.07) is 15.2. The van der Waals surface area contributed by atoms with Crippen LogP contribution in [0.25, 0.3) is 11.3 Å². The number of hydrogen-bond acceptors (Lipinski definition) is 3. The quantitative estimate of drug-likeness (QED) is 0.729. The Morgan fingerprint density at radius 1 is 1.07 bits per heavy atom. The molecule has 0 saturated heterocycles. The van der Waals surface area contributed by atoms with E-state index in [0.29, 0.717) is 16.4 Å². The van der Waals surface area contributed by atoms with Gasteiger partial charge in [0.2, 0.25) is 5.91 Å². The van der Waals surface area contributed by atoms with E-state index in [9.17, 15) is 9.59 Å². The van der Waals surface area contributed by atoms with Gasteiger partial charge in [0.25, 0.3) is 5.56 Å². The second-order valence-electron chi connectivity index (χ2n) is 6.45. The van der Waals surface area contributed by atoms with Crippen LogP contribution < -0.4 is 10.9 Å². The third-order valence-corrected chi connectivity index (χ3v) is 4.84. The molecule has 138 valence electrons. The molecule has 0 aliphatic heterocycles. The van der Waals surface area contributed by atoms with Crippen molar-refractivity contribution in [2.45, 2.75) is 26.8 Å². The van der Waals surface area contributed by atoms with Crippen molar-refractivity contribution in [3.63, 3.8) is 0 Å². The highest BCUT2D eigenvalue weighted by Gasteiger charge is 2.19. The number of benzene rings is 2. The molecule has 2 aromatic carbocycles. The molecule has 1 amide bonds. The van der Waals surface area contributed by atoms with Crippen molar-refractivity contribution in [1.29, 1.82) is 0 Å². The Kier molecular flexibility index (Phi) is 5.42. The van der Waals surface area contributed by atoms with Crippen LogP contribution in [0.3, 0.4) is 0 Å². The van der Waals surface area contributed by atoms with Crippen molar-refractivity contribution >= 4 is 23.2 Å². The molecule has 0 unspecified atom stereocenters. The van der Waals surface area contributed by atoms with Gasteiger partial charge < -0.3 is 5.32 Å². The number of carbonyl (C=O) groups excluding carboxylic acids is 1. The molecule has 0 saturated carbocycles. The second kappa shape index (κ2) is 7.76. The molecule has 0 bridgehead atoms. The highest BCUT2D eigenvalue weighted by atomic mass is 35.5. The first-order chi connectivity index (χ1) is 12.9. The van der Waals surface area contributed by atoms with Gasteiger partial charge in [0, 0.05) is 11.6 Å². The standard InChI is InChI=1S/C21H20ClN3O2/c1-13-8-9-16(12-14(13)2)18-10-11-20(26)25(24-18)15(3)21(27)23-19-7-5-4-6-17(19)22/h4-12,15H,1-3H3,(H,23,27)/t15-/m1/s1. The van der Waals surface area contributed by atoms with Crippen molar-refractivity contribution in [3.8, 4) is 11.3 Å². The molecular weight excluding hydrogens is 362 g/mol. The largest absolute Gasteiger partial charge is 0.323 e. The SMILES string of the molecule is Cc1ccc(-c2ccc(=O)n([C@H](C)C(=O)Nc3ccccc3Cl)n2)cc1C. The van der Waals surface area contributed by atoms with Crippen molar-refractivity contribution in [2.24, 2.45) is 0 Å². The number of halogens is 1. The zero-order valence-electron chi connectivity index (χ0n) is 15.4. The zero-order chi connectivity index (χ0) is 19.6. The molecule has 1 N–H and O–H groups in total. The maximum atomic E-state index is 12.6. The molecule has 1 heterocycles. The summed E-state index contributed by atoms with van der Waals surface area (Å²) in [5.41, 5.74) is 4.00. The van der Waals surface area contributed by atoms with Crippen molar-refractivity contribution < 1.29 is 4.79 Å². The summed E-state index contributed by atoms with van der Waals surface area (Å²) in [6.07, 6.45) is 0. The summed E-state index contributed by atoms with van der Waals surface area (Å²) in [5, 5.41) is 7.58. The normalized spacial score (nSPS) is 11.9. The summed E-state index contributed by atoms with van der Waals surface area (Å²) in [7, 11) is 0.